The van der Waals surface area contributed by atoms with Gasteiger partial charge in [0, 0.05) is 11.1 Å². The summed E-state index contributed by atoms with van der Waals surface area (Å²) >= 11 is 0. The van der Waals surface area contributed by atoms with Gasteiger partial charge in [-0.1, -0.05) is 0 Å². The predicted octanol–water partition coefficient (Wildman–Crippen LogP) is 4.48. The van der Waals surface area contributed by atoms with Gasteiger partial charge < -0.3 is 9.47 Å². The lowest BCUT2D eigenvalue weighted by atomic mass is 10.1. The molecule has 2 rings (SSSR count). The molecule has 2 aromatic carbocycles. The van der Waals surface area contributed by atoms with Crippen LogP contribution in [0.4, 0.5) is 18.9 Å². The van der Waals surface area contributed by atoms with Crippen molar-refractivity contribution in [3.63, 3.8) is 0 Å². The molecule has 0 aromatic heterocycles. The van der Waals surface area contributed by atoms with Gasteiger partial charge in [-0.3, -0.25) is 5.43 Å². The van der Waals surface area contributed by atoms with Crippen molar-refractivity contribution in [2.45, 2.75) is 13.1 Å². The summed E-state index contributed by atoms with van der Waals surface area (Å²) in [7, 11) is 3.12. The average Bonchev–Trinajstić information content (AvgIpc) is 2.55. The fourth-order valence-corrected chi connectivity index (χ4v) is 2.20. The van der Waals surface area contributed by atoms with Crippen LogP contribution in [-0.4, -0.2) is 20.4 Å². The summed E-state index contributed by atoms with van der Waals surface area (Å²) in [6, 6.07) is 8.19. The van der Waals surface area contributed by atoms with E-state index in [4.69, 9.17) is 9.47 Å². The highest BCUT2D eigenvalue weighted by molar-refractivity contribution is 5.85. The average molecular weight is 338 g/mol. The molecular formula is C17H17F3N2O2. The van der Waals surface area contributed by atoms with Crippen molar-refractivity contribution in [3.8, 4) is 11.5 Å². The van der Waals surface area contributed by atoms with E-state index in [1.165, 1.54) is 18.3 Å². The molecule has 0 aliphatic heterocycles. The van der Waals surface area contributed by atoms with Crippen molar-refractivity contribution < 1.29 is 22.6 Å². The minimum atomic E-state index is -4.35. The number of hydrogen-bond donors (Lipinski definition) is 1. The second-order valence-corrected chi connectivity index (χ2v) is 4.96. The smallest absolute Gasteiger partial charge is 0.416 e. The number of alkyl halides is 3. The molecule has 24 heavy (non-hydrogen) atoms. The number of ether oxygens (including phenoxy) is 2. The van der Waals surface area contributed by atoms with Gasteiger partial charge in [0.05, 0.1) is 31.7 Å². The third-order valence-corrected chi connectivity index (χ3v) is 3.42. The molecule has 0 saturated heterocycles. The molecule has 4 nitrogen and oxygen atoms in total. The van der Waals surface area contributed by atoms with Gasteiger partial charge in [-0.15, -0.1) is 0 Å². The van der Waals surface area contributed by atoms with Gasteiger partial charge in [0.15, 0.2) is 0 Å². The summed E-state index contributed by atoms with van der Waals surface area (Å²) in [5.74, 6) is 1.31. The predicted molar refractivity (Wildman–Crippen MR) is 86.9 cm³/mol. The van der Waals surface area contributed by atoms with Crippen molar-refractivity contribution in [2.75, 3.05) is 19.6 Å². The highest BCUT2D eigenvalue weighted by atomic mass is 19.4. The van der Waals surface area contributed by atoms with Crippen LogP contribution in [0.3, 0.4) is 0 Å². The molecule has 0 heterocycles. The molecule has 7 heteroatoms. The van der Waals surface area contributed by atoms with Crippen molar-refractivity contribution >= 4 is 11.9 Å². The van der Waals surface area contributed by atoms with Gasteiger partial charge in [-0.2, -0.15) is 18.3 Å². The molecule has 0 aliphatic carbocycles. The zero-order chi connectivity index (χ0) is 17.7. The Morgan fingerprint density at radius 3 is 2.21 bits per heavy atom. The quantitative estimate of drug-likeness (QED) is 0.646. The van der Waals surface area contributed by atoms with Gasteiger partial charge in [0.2, 0.25) is 0 Å². The van der Waals surface area contributed by atoms with E-state index >= 15 is 0 Å². The molecule has 0 radical (unpaired) electrons. The molecule has 2 aromatic rings. The van der Waals surface area contributed by atoms with Crippen LogP contribution in [-0.2, 0) is 6.18 Å². The standard InChI is InChI=1S/C17H17F3N2O2/c1-11-15(23-2)9-4-12(16(11)24-3)10-21-22-14-7-5-13(6-8-14)17(18,19)20/h4-10,22H,1-3H3/b21-10+. The molecule has 1 N–H and O–H groups in total. The lowest BCUT2D eigenvalue weighted by molar-refractivity contribution is -0.137. The first-order valence-electron chi connectivity index (χ1n) is 7.04. The van der Waals surface area contributed by atoms with Crippen LogP contribution in [0.2, 0.25) is 0 Å². The minimum absolute atomic E-state index is 0.448. The number of nitrogens with zero attached hydrogens (tertiary/aromatic N) is 1. The number of hydrazone groups is 1. The van der Waals surface area contributed by atoms with Crippen molar-refractivity contribution in [3.05, 3.63) is 53.1 Å². The first kappa shape index (κ1) is 17.7. The maximum atomic E-state index is 12.5. The number of nitrogens with one attached hydrogen (secondary N) is 1. The van der Waals surface area contributed by atoms with Crippen LogP contribution in [0.1, 0.15) is 16.7 Å². The molecule has 0 unspecified atom stereocenters. The molecule has 0 amide bonds. The van der Waals surface area contributed by atoms with E-state index in [9.17, 15) is 13.2 Å². The van der Waals surface area contributed by atoms with Crippen LogP contribution in [0.15, 0.2) is 41.5 Å². The van der Waals surface area contributed by atoms with Crippen LogP contribution in [0.5, 0.6) is 11.5 Å². The number of rotatable bonds is 5. The van der Waals surface area contributed by atoms with Gasteiger partial charge >= 0.3 is 6.18 Å². The second kappa shape index (κ2) is 7.25. The van der Waals surface area contributed by atoms with Crippen molar-refractivity contribution in [1.29, 1.82) is 0 Å². The Morgan fingerprint density at radius 2 is 1.67 bits per heavy atom. The Balaban J connectivity index is 2.13. The Bertz CT molecular complexity index is 726. The summed E-state index contributed by atoms with van der Waals surface area (Å²) < 4.78 is 48.1. The Hall–Kier alpha value is -2.70. The molecule has 0 fully saturated rings. The first-order valence-corrected chi connectivity index (χ1v) is 7.04. The van der Waals surface area contributed by atoms with E-state index < -0.39 is 11.7 Å². The fourth-order valence-electron chi connectivity index (χ4n) is 2.20. The number of benzene rings is 2. The van der Waals surface area contributed by atoms with Crippen LogP contribution < -0.4 is 14.9 Å². The third-order valence-electron chi connectivity index (χ3n) is 3.42. The highest BCUT2D eigenvalue weighted by Gasteiger charge is 2.29. The summed E-state index contributed by atoms with van der Waals surface area (Å²) in [6.45, 7) is 1.86. The van der Waals surface area contributed by atoms with E-state index in [0.29, 0.717) is 17.2 Å². The lowest BCUT2D eigenvalue weighted by Crippen LogP contribution is -2.04. The topological polar surface area (TPSA) is 42.8 Å². The van der Waals surface area contributed by atoms with E-state index in [2.05, 4.69) is 10.5 Å². The number of halogens is 3. The maximum Gasteiger partial charge on any atom is 0.416 e. The normalized spacial score (nSPS) is 11.6. The number of anilines is 1. The molecular weight excluding hydrogens is 321 g/mol. The summed E-state index contributed by atoms with van der Waals surface area (Å²) in [5.41, 5.74) is 3.98. The van der Waals surface area contributed by atoms with Crippen LogP contribution in [0, 0.1) is 6.92 Å². The Morgan fingerprint density at radius 1 is 1.00 bits per heavy atom. The largest absolute Gasteiger partial charge is 0.496 e. The van der Waals surface area contributed by atoms with Gasteiger partial charge in [0.25, 0.3) is 0 Å². The summed E-state index contributed by atoms with van der Waals surface area (Å²) in [6.07, 6.45) is -2.82. The number of hydrogen-bond acceptors (Lipinski definition) is 4. The van der Waals surface area contributed by atoms with Crippen LogP contribution in [0.25, 0.3) is 0 Å². The van der Waals surface area contributed by atoms with Gasteiger partial charge in [-0.25, -0.2) is 0 Å². The van der Waals surface area contributed by atoms with Gasteiger partial charge in [0.1, 0.15) is 11.5 Å². The van der Waals surface area contributed by atoms with E-state index in [0.717, 1.165) is 23.3 Å². The van der Waals surface area contributed by atoms with E-state index in [1.807, 2.05) is 6.92 Å². The molecule has 128 valence electrons. The van der Waals surface area contributed by atoms with E-state index in [1.54, 1.807) is 26.4 Å². The van der Waals surface area contributed by atoms with Gasteiger partial charge in [-0.05, 0) is 43.3 Å². The molecule has 0 spiro atoms. The highest BCUT2D eigenvalue weighted by Crippen LogP contribution is 2.31. The molecule has 0 saturated carbocycles. The number of methoxy groups -OCH3 is 2. The second-order valence-electron chi connectivity index (χ2n) is 4.96. The SMILES string of the molecule is COc1ccc(/C=N/Nc2ccc(C(F)(F)F)cc2)c(OC)c1C. The van der Waals surface area contributed by atoms with E-state index in [-0.39, 0.29) is 0 Å². The first-order chi connectivity index (χ1) is 11.4. The molecule has 0 atom stereocenters. The lowest BCUT2D eigenvalue weighted by Gasteiger charge is -2.12. The Kier molecular flexibility index (Phi) is 5.33. The third kappa shape index (κ3) is 3.98. The monoisotopic (exact) mass is 338 g/mol. The zero-order valence-electron chi connectivity index (χ0n) is 13.4. The molecule has 0 bridgehead atoms. The maximum absolute atomic E-state index is 12.5. The fraction of sp³-hybridized carbons (Fsp3) is 0.235. The van der Waals surface area contributed by atoms with Crippen molar-refractivity contribution in [2.24, 2.45) is 5.10 Å². The van der Waals surface area contributed by atoms with Crippen molar-refractivity contribution in [1.82, 2.24) is 0 Å². The summed E-state index contributed by atoms with van der Waals surface area (Å²) in [5, 5.41) is 4.03. The van der Waals surface area contributed by atoms with Crippen LogP contribution >= 0.6 is 0 Å². The molecule has 0 aliphatic rings. The minimum Gasteiger partial charge on any atom is -0.496 e. The summed E-state index contributed by atoms with van der Waals surface area (Å²) in [4.78, 5) is 0. The Labute approximate surface area is 137 Å². The zero-order valence-corrected chi connectivity index (χ0v) is 13.4.